The molecule has 2 aromatic rings. The molecule has 0 unspecified atom stereocenters. The van der Waals surface area contributed by atoms with E-state index in [0.717, 1.165) is 4.31 Å². The third-order valence-electron chi connectivity index (χ3n) is 3.06. The molecule has 2 aromatic carbocycles. The van der Waals surface area contributed by atoms with Crippen molar-refractivity contribution in [3.05, 3.63) is 58.3 Å². The van der Waals surface area contributed by atoms with Crippen LogP contribution in [0.2, 0.25) is 0 Å². The highest BCUT2D eigenvalue weighted by Crippen LogP contribution is 2.29. The van der Waals surface area contributed by atoms with Crippen LogP contribution in [0.5, 0.6) is 0 Å². The van der Waals surface area contributed by atoms with E-state index in [0.29, 0.717) is 10.0 Å². The van der Waals surface area contributed by atoms with Crippen molar-refractivity contribution < 1.29 is 12.8 Å². The smallest absolute Gasteiger partial charge is 0.265 e. The highest BCUT2D eigenvalue weighted by atomic mass is 79.9. The minimum absolute atomic E-state index is 0.0115. The van der Waals surface area contributed by atoms with Gasteiger partial charge >= 0.3 is 0 Å². The normalized spacial score (nSPS) is 11.4. The van der Waals surface area contributed by atoms with Crippen LogP contribution in [0.15, 0.2) is 51.8 Å². The Kier molecular flexibility index (Phi) is 4.65. The summed E-state index contributed by atoms with van der Waals surface area (Å²) in [6, 6.07) is 10.5. The number of nitrogens with zero attached hydrogens (tertiary/aromatic N) is 1. The maximum atomic E-state index is 13.8. The lowest BCUT2D eigenvalue weighted by Gasteiger charge is -2.21. The van der Waals surface area contributed by atoms with E-state index in [-0.39, 0.29) is 17.1 Å². The fourth-order valence-electron chi connectivity index (χ4n) is 1.86. The van der Waals surface area contributed by atoms with Gasteiger partial charge in [-0.25, -0.2) is 12.8 Å². The van der Waals surface area contributed by atoms with Gasteiger partial charge in [0, 0.05) is 18.1 Å². The summed E-state index contributed by atoms with van der Waals surface area (Å²) < 4.78 is 40.4. The summed E-state index contributed by atoms with van der Waals surface area (Å²) in [6.07, 6.45) is 0. The molecular weight excluding hydrogens is 359 g/mol. The molecule has 0 spiro atoms. The minimum Gasteiger partial charge on any atom is -0.326 e. The SMILES string of the molecule is CN(c1ccccc1F)S(=O)(=O)c1cc(CN)ccc1Br. The van der Waals surface area contributed by atoms with E-state index in [4.69, 9.17) is 5.73 Å². The van der Waals surface area contributed by atoms with Gasteiger partial charge in [-0.15, -0.1) is 0 Å². The first-order chi connectivity index (χ1) is 9.87. The third kappa shape index (κ3) is 3.09. The lowest BCUT2D eigenvalue weighted by Crippen LogP contribution is -2.27. The zero-order chi connectivity index (χ0) is 15.6. The number of para-hydroxylation sites is 1. The maximum absolute atomic E-state index is 13.8. The molecular formula is C14H14BrFN2O2S. The van der Waals surface area contributed by atoms with E-state index in [2.05, 4.69) is 15.9 Å². The van der Waals surface area contributed by atoms with Gasteiger partial charge in [0.05, 0.1) is 5.69 Å². The van der Waals surface area contributed by atoms with Gasteiger partial charge in [0.15, 0.2) is 0 Å². The molecule has 0 aliphatic heterocycles. The molecule has 0 aromatic heterocycles. The molecule has 0 atom stereocenters. The second kappa shape index (κ2) is 6.13. The minimum atomic E-state index is -3.89. The summed E-state index contributed by atoms with van der Waals surface area (Å²) in [5.74, 6) is -0.602. The van der Waals surface area contributed by atoms with Crippen molar-refractivity contribution in [2.45, 2.75) is 11.4 Å². The molecule has 112 valence electrons. The number of halogens is 2. The van der Waals surface area contributed by atoms with Crippen LogP contribution in [0.1, 0.15) is 5.56 Å². The molecule has 0 amide bonds. The second-order valence-corrected chi connectivity index (χ2v) is 7.18. The van der Waals surface area contributed by atoms with Gasteiger partial charge in [-0.2, -0.15) is 0 Å². The average molecular weight is 373 g/mol. The first-order valence-corrected chi connectivity index (χ1v) is 8.33. The summed E-state index contributed by atoms with van der Waals surface area (Å²) in [7, 11) is -2.57. The number of hydrogen-bond donors (Lipinski definition) is 1. The average Bonchev–Trinajstić information content (AvgIpc) is 2.47. The summed E-state index contributed by atoms with van der Waals surface area (Å²) in [6.45, 7) is 0.221. The van der Waals surface area contributed by atoms with E-state index in [1.54, 1.807) is 18.2 Å². The monoisotopic (exact) mass is 372 g/mol. The van der Waals surface area contributed by atoms with E-state index in [9.17, 15) is 12.8 Å². The first kappa shape index (κ1) is 15.9. The van der Waals surface area contributed by atoms with Gasteiger partial charge in [0.1, 0.15) is 10.7 Å². The number of sulfonamides is 1. The quantitative estimate of drug-likeness (QED) is 0.897. The largest absolute Gasteiger partial charge is 0.326 e. The van der Waals surface area contributed by atoms with Crippen LogP contribution in [0.25, 0.3) is 0 Å². The molecule has 0 aliphatic rings. The van der Waals surface area contributed by atoms with Crippen LogP contribution in [-0.2, 0) is 16.6 Å². The lowest BCUT2D eigenvalue weighted by molar-refractivity contribution is 0.589. The number of anilines is 1. The molecule has 0 heterocycles. The molecule has 21 heavy (non-hydrogen) atoms. The van der Waals surface area contributed by atoms with Crippen LogP contribution in [0.4, 0.5) is 10.1 Å². The van der Waals surface area contributed by atoms with E-state index in [1.165, 1.54) is 31.3 Å². The van der Waals surface area contributed by atoms with E-state index >= 15 is 0 Å². The Bertz CT molecular complexity index is 765. The molecule has 2 N–H and O–H groups in total. The number of nitrogens with two attached hydrogens (primary N) is 1. The Labute approximate surface area is 131 Å². The predicted octanol–water partition coefficient (Wildman–Crippen LogP) is 2.87. The Morgan fingerprint density at radius 2 is 1.90 bits per heavy atom. The standard InChI is InChI=1S/C14H14BrFN2O2S/c1-18(13-5-3-2-4-12(13)16)21(19,20)14-8-10(9-17)6-7-11(14)15/h2-8H,9,17H2,1H3. The van der Waals surface area contributed by atoms with E-state index < -0.39 is 15.8 Å². The summed E-state index contributed by atoms with van der Waals surface area (Å²) in [5.41, 5.74) is 6.21. The van der Waals surface area contributed by atoms with Crippen molar-refractivity contribution in [1.29, 1.82) is 0 Å². The van der Waals surface area contributed by atoms with Gasteiger partial charge in [-0.1, -0.05) is 18.2 Å². The van der Waals surface area contributed by atoms with Gasteiger partial charge in [-0.05, 0) is 45.8 Å². The molecule has 0 bridgehead atoms. The van der Waals surface area contributed by atoms with Crippen LogP contribution < -0.4 is 10.0 Å². The first-order valence-electron chi connectivity index (χ1n) is 6.10. The molecule has 0 aliphatic carbocycles. The predicted molar refractivity (Wildman–Crippen MR) is 84.0 cm³/mol. The molecule has 0 radical (unpaired) electrons. The van der Waals surface area contributed by atoms with Crippen molar-refractivity contribution in [2.24, 2.45) is 5.73 Å². The Morgan fingerprint density at radius 3 is 2.52 bits per heavy atom. The Hall–Kier alpha value is -1.44. The zero-order valence-corrected chi connectivity index (χ0v) is 13.7. The molecule has 0 saturated heterocycles. The van der Waals surface area contributed by atoms with Crippen LogP contribution >= 0.6 is 15.9 Å². The van der Waals surface area contributed by atoms with Crippen molar-refractivity contribution in [3.8, 4) is 0 Å². The lowest BCUT2D eigenvalue weighted by atomic mass is 10.2. The maximum Gasteiger partial charge on any atom is 0.265 e. The van der Waals surface area contributed by atoms with E-state index in [1.807, 2.05) is 0 Å². The highest BCUT2D eigenvalue weighted by molar-refractivity contribution is 9.10. The Morgan fingerprint density at radius 1 is 1.24 bits per heavy atom. The van der Waals surface area contributed by atoms with Crippen molar-refractivity contribution in [3.63, 3.8) is 0 Å². The van der Waals surface area contributed by atoms with Crippen LogP contribution in [0.3, 0.4) is 0 Å². The summed E-state index contributed by atoms with van der Waals surface area (Å²) in [4.78, 5) is 0.0520. The second-order valence-electron chi connectivity index (χ2n) is 4.39. The zero-order valence-electron chi connectivity index (χ0n) is 11.3. The van der Waals surface area contributed by atoms with Crippen molar-refractivity contribution >= 4 is 31.6 Å². The Balaban J connectivity index is 2.54. The van der Waals surface area contributed by atoms with Gasteiger partial charge in [0.2, 0.25) is 0 Å². The topological polar surface area (TPSA) is 63.4 Å². The summed E-state index contributed by atoms with van der Waals surface area (Å²) >= 11 is 3.21. The van der Waals surface area contributed by atoms with Crippen LogP contribution in [-0.4, -0.2) is 15.5 Å². The van der Waals surface area contributed by atoms with Crippen LogP contribution in [0, 0.1) is 5.82 Å². The van der Waals surface area contributed by atoms with Gasteiger partial charge < -0.3 is 5.73 Å². The number of hydrogen-bond acceptors (Lipinski definition) is 3. The highest BCUT2D eigenvalue weighted by Gasteiger charge is 2.25. The fraction of sp³-hybridized carbons (Fsp3) is 0.143. The van der Waals surface area contributed by atoms with Crippen molar-refractivity contribution in [1.82, 2.24) is 0 Å². The number of rotatable bonds is 4. The molecule has 7 heteroatoms. The third-order valence-corrected chi connectivity index (χ3v) is 5.83. The molecule has 0 fully saturated rings. The fourth-order valence-corrected chi connectivity index (χ4v) is 4.03. The van der Waals surface area contributed by atoms with Gasteiger partial charge in [0.25, 0.3) is 10.0 Å². The molecule has 0 saturated carbocycles. The summed E-state index contributed by atoms with van der Waals surface area (Å²) in [5, 5.41) is 0. The van der Waals surface area contributed by atoms with Crippen molar-refractivity contribution in [2.75, 3.05) is 11.4 Å². The number of benzene rings is 2. The van der Waals surface area contributed by atoms with Gasteiger partial charge in [-0.3, -0.25) is 4.31 Å². The molecule has 4 nitrogen and oxygen atoms in total. The molecule has 2 rings (SSSR count).